The third-order valence-corrected chi connectivity index (χ3v) is 6.74. The molecule has 6 nitrogen and oxygen atoms in total. The molecule has 0 unspecified atom stereocenters. The predicted octanol–water partition coefficient (Wildman–Crippen LogP) is 4.84. The van der Waals surface area contributed by atoms with Crippen molar-refractivity contribution in [3.8, 4) is 5.75 Å². The van der Waals surface area contributed by atoms with Crippen molar-refractivity contribution >= 4 is 27.3 Å². The minimum Gasteiger partial charge on any atom is -0.494 e. The number of rotatable bonds is 8. The predicted molar refractivity (Wildman–Crippen MR) is 128 cm³/mol. The normalized spacial score (nSPS) is 11.1. The van der Waals surface area contributed by atoms with E-state index < -0.39 is 15.9 Å². The monoisotopic (exact) mass is 452 g/mol. The number of hydrogen-bond acceptors (Lipinski definition) is 4. The fourth-order valence-electron chi connectivity index (χ4n) is 3.35. The second-order valence-electron chi connectivity index (χ2n) is 7.62. The highest BCUT2D eigenvalue weighted by molar-refractivity contribution is 7.92. The molecule has 1 N–H and O–H groups in total. The summed E-state index contributed by atoms with van der Waals surface area (Å²) in [5, 5.41) is 2.77. The van der Waals surface area contributed by atoms with Gasteiger partial charge in [-0.3, -0.25) is 9.10 Å². The lowest BCUT2D eigenvalue weighted by Gasteiger charge is -2.26. The smallest absolute Gasteiger partial charge is 0.264 e. The molecule has 3 rings (SSSR count). The number of anilines is 2. The van der Waals surface area contributed by atoms with Gasteiger partial charge in [0.2, 0.25) is 5.91 Å². The maximum absolute atomic E-state index is 13.5. The number of nitrogens with one attached hydrogen (secondary N) is 1. The van der Waals surface area contributed by atoms with Crippen LogP contribution in [0.3, 0.4) is 0 Å². The van der Waals surface area contributed by atoms with Crippen molar-refractivity contribution in [2.75, 3.05) is 22.8 Å². The van der Waals surface area contributed by atoms with E-state index >= 15 is 0 Å². The molecule has 0 aliphatic heterocycles. The minimum absolute atomic E-state index is 0.136. The largest absolute Gasteiger partial charge is 0.494 e. The maximum Gasteiger partial charge on any atom is 0.264 e. The standard InChI is InChI=1S/C25H28N2O4S/c1-5-31-22-11-9-21(10-12-22)26-25(28)17-27(24-15-8-19(3)16-20(24)4)32(29,30)23-13-6-18(2)7-14-23/h6-16H,5,17H2,1-4H3,(H,26,28). The number of hydrogen-bond donors (Lipinski definition) is 1. The summed E-state index contributed by atoms with van der Waals surface area (Å²) in [7, 11) is -3.96. The summed E-state index contributed by atoms with van der Waals surface area (Å²) in [6.07, 6.45) is 0. The number of ether oxygens (including phenoxy) is 1. The third kappa shape index (κ3) is 5.48. The van der Waals surface area contributed by atoms with Gasteiger partial charge in [0.05, 0.1) is 17.2 Å². The zero-order valence-electron chi connectivity index (χ0n) is 18.8. The van der Waals surface area contributed by atoms with Gasteiger partial charge in [0.1, 0.15) is 12.3 Å². The van der Waals surface area contributed by atoms with Crippen molar-refractivity contribution in [2.24, 2.45) is 0 Å². The molecular formula is C25H28N2O4S. The lowest BCUT2D eigenvalue weighted by Crippen LogP contribution is -2.38. The van der Waals surface area contributed by atoms with Gasteiger partial charge >= 0.3 is 0 Å². The average Bonchev–Trinajstić information content (AvgIpc) is 2.74. The summed E-state index contributed by atoms with van der Waals surface area (Å²) in [5.74, 6) is 0.258. The Morgan fingerprint density at radius 2 is 1.53 bits per heavy atom. The molecule has 0 spiro atoms. The van der Waals surface area contributed by atoms with E-state index in [4.69, 9.17) is 4.74 Å². The van der Waals surface area contributed by atoms with Crippen LogP contribution >= 0.6 is 0 Å². The Bertz CT molecular complexity index is 1190. The zero-order chi connectivity index (χ0) is 23.3. The van der Waals surface area contributed by atoms with Gasteiger partial charge in [0.25, 0.3) is 10.0 Å². The summed E-state index contributed by atoms with van der Waals surface area (Å²) < 4.78 is 33.6. The van der Waals surface area contributed by atoms with Crippen molar-refractivity contribution in [2.45, 2.75) is 32.6 Å². The topological polar surface area (TPSA) is 75.7 Å². The van der Waals surface area contributed by atoms with E-state index in [-0.39, 0.29) is 11.4 Å². The Morgan fingerprint density at radius 1 is 0.906 bits per heavy atom. The molecule has 1 amide bonds. The first-order chi connectivity index (χ1) is 15.2. The van der Waals surface area contributed by atoms with E-state index in [1.165, 1.54) is 0 Å². The van der Waals surface area contributed by atoms with Crippen LogP contribution in [0.4, 0.5) is 11.4 Å². The first kappa shape index (κ1) is 23.3. The van der Waals surface area contributed by atoms with Gasteiger partial charge in [-0.1, -0.05) is 35.4 Å². The van der Waals surface area contributed by atoms with Crippen molar-refractivity contribution in [1.29, 1.82) is 0 Å². The maximum atomic E-state index is 13.5. The molecule has 0 bridgehead atoms. The molecule has 0 heterocycles. The van der Waals surface area contributed by atoms with Crippen LogP contribution in [-0.2, 0) is 14.8 Å². The van der Waals surface area contributed by atoms with Crippen LogP contribution < -0.4 is 14.4 Å². The Labute approximate surface area is 189 Å². The molecular weight excluding hydrogens is 424 g/mol. The van der Waals surface area contributed by atoms with Gasteiger partial charge in [0.15, 0.2) is 0 Å². The van der Waals surface area contributed by atoms with E-state index in [0.29, 0.717) is 23.7 Å². The summed E-state index contributed by atoms with van der Waals surface area (Å²) in [6, 6.07) is 19.0. The molecule has 0 aromatic heterocycles. The van der Waals surface area contributed by atoms with Gasteiger partial charge in [-0.2, -0.15) is 0 Å². The van der Waals surface area contributed by atoms with E-state index in [1.807, 2.05) is 39.8 Å². The van der Waals surface area contributed by atoms with Gasteiger partial charge in [-0.25, -0.2) is 8.42 Å². The van der Waals surface area contributed by atoms with Gasteiger partial charge in [-0.15, -0.1) is 0 Å². The van der Waals surface area contributed by atoms with Gasteiger partial charge in [0, 0.05) is 5.69 Å². The highest BCUT2D eigenvalue weighted by Gasteiger charge is 2.28. The second kappa shape index (κ2) is 9.87. The van der Waals surface area contributed by atoms with Gasteiger partial charge in [-0.05, 0) is 75.7 Å². The first-order valence-electron chi connectivity index (χ1n) is 10.4. The summed E-state index contributed by atoms with van der Waals surface area (Å²) in [4.78, 5) is 13.0. The Morgan fingerprint density at radius 3 is 2.12 bits per heavy atom. The Balaban J connectivity index is 1.92. The number of carbonyl (C=O) groups excluding carboxylic acids is 1. The number of carbonyl (C=O) groups is 1. The lowest BCUT2D eigenvalue weighted by molar-refractivity contribution is -0.114. The second-order valence-corrected chi connectivity index (χ2v) is 9.48. The summed E-state index contributed by atoms with van der Waals surface area (Å²) in [5.41, 5.74) is 3.77. The molecule has 7 heteroatoms. The van der Waals surface area contributed by atoms with E-state index in [1.54, 1.807) is 54.6 Å². The van der Waals surface area contributed by atoms with Gasteiger partial charge < -0.3 is 10.1 Å². The molecule has 0 atom stereocenters. The summed E-state index contributed by atoms with van der Waals surface area (Å²) in [6.45, 7) is 7.76. The van der Waals surface area contributed by atoms with E-state index in [9.17, 15) is 13.2 Å². The summed E-state index contributed by atoms with van der Waals surface area (Å²) >= 11 is 0. The molecule has 0 saturated carbocycles. The van der Waals surface area contributed by atoms with Crippen LogP contribution in [-0.4, -0.2) is 27.5 Å². The molecule has 0 saturated heterocycles. The highest BCUT2D eigenvalue weighted by atomic mass is 32.2. The number of amides is 1. The van der Waals surface area contributed by atoms with Crippen LogP contribution in [0, 0.1) is 20.8 Å². The average molecular weight is 453 g/mol. The molecule has 168 valence electrons. The van der Waals surface area contributed by atoms with Crippen LogP contribution in [0.15, 0.2) is 71.6 Å². The molecule has 0 radical (unpaired) electrons. The first-order valence-corrected chi connectivity index (χ1v) is 11.8. The fraction of sp³-hybridized carbons (Fsp3) is 0.240. The van der Waals surface area contributed by atoms with Crippen molar-refractivity contribution in [1.82, 2.24) is 0 Å². The van der Waals surface area contributed by atoms with Crippen molar-refractivity contribution in [3.63, 3.8) is 0 Å². The van der Waals surface area contributed by atoms with E-state index in [0.717, 1.165) is 21.0 Å². The molecule has 0 aliphatic carbocycles. The number of aryl methyl sites for hydroxylation is 3. The van der Waals surface area contributed by atoms with Crippen LogP contribution in [0.25, 0.3) is 0 Å². The zero-order valence-corrected chi connectivity index (χ0v) is 19.6. The van der Waals surface area contributed by atoms with Crippen LogP contribution in [0.2, 0.25) is 0 Å². The quantitative estimate of drug-likeness (QED) is 0.530. The molecule has 0 aliphatic rings. The molecule has 0 fully saturated rings. The minimum atomic E-state index is -3.96. The van der Waals surface area contributed by atoms with Crippen LogP contribution in [0.5, 0.6) is 5.75 Å². The molecule has 32 heavy (non-hydrogen) atoms. The number of sulfonamides is 1. The third-order valence-electron chi connectivity index (χ3n) is 4.97. The molecule has 3 aromatic rings. The molecule has 3 aromatic carbocycles. The SMILES string of the molecule is CCOc1ccc(NC(=O)CN(c2ccc(C)cc2C)S(=O)(=O)c2ccc(C)cc2)cc1. The van der Waals surface area contributed by atoms with E-state index in [2.05, 4.69) is 5.32 Å². The fourth-order valence-corrected chi connectivity index (χ4v) is 4.84. The Kier molecular flexibility index (Phi) is 7.20. The number of nitrogens with zero attached hydrogens (tertiary/aromatic N) is 1. The van der Waals surface area contributed by atoms with Crippen LogP contribution in [0.1, 0.15) is 23.6 Å². The highest BCUT2D eigenvalue weighted by Crippen LogP contribution is 2.28. The van der Waals surface area contributed by atoms with Crippen molar-refractivity contribution < 1.29 is 17.9 Å². The lowest BCUT2D eigenvalue weighted by atomic mass is 10.1. The Hall–Kier alpha value is -3.32. The van der Waals surface area contributed by atoms with Crippen molar-refractivity contribution in [3.05, 3.63) is 83.4 Å². The number of benzene rings is 3.